The fraction of sp³-hybridized carbons (Fsp3) is 0.524. The molecule has 2 amide bonds. The van der Waals surface area contributed by atoms with Crippen molar-refractivity contribution in [3.8, 4) is 0 Å². The van der Waals surface area contributed by atoms with E-state index in [1.165, 1.54) is 0 Å². The van der Waals surface area contributed by atoms with E-state index in [1.54, 1.807) is 4.90 Å². The zero-order chi connectivity index (χ0) is 20.8. The summed E-state index contributed by atoms with van der Waals surface area (Å²) in [5.74, 6) is 0.503. The number of nitrogens with one attached hydrogen (secondary N) is 1. The van der Waals surface area contributed by atoms with Crippen LogP contribution in [-0.4, -0.2) is 45.2 Å². The second-order valence-electron chi connectivity index (χ2n) is 8.19. The normalized spacial score (nSPS) is 21.3. The van der Waals surface area contributed by atoms with E-state index in [0.717, 1.165) is 41.9 Å². The predicted octanol–water partition coefficient (Wildman–Crippen LogP) is 2.49. The van der Waals surface area contributed by atoms with Crippen molar-refractivity contribution in [2.45, 2.75) is 53.0 Å². The summed E-state index contributed by atoms with van der Waals surface area (Å²) in [5.41, 5.74) is 3.85. The third-order valence-electron chi connectivity index (χ3n) is 6.26. The first-order valence-electron chi connectivity index (χ1n) is 10.0. The number of carbonyl (C=O) groups is 2. The Kier molecular flexibility index (Phi) is 4.80. The Hall–Kier alpha value is -2.90. The van der Waals surface area contributed by atoms with Crippen molar-refractivity contribution in [2.24, 2.45) is 5.41 Å². The van der Waals surface area contributed by atoms with Gasteiger partial charge < -0.3 is 14.7 Å². The Bertz CT molecular complexity index is 1000. The van der Waals surface area contributed by atoms with Gasteiger partial charge in [0.05, 0.1) is 12.2 Å². The lowest BCUT2D eigenvalue weighted by Gasteiger charge is -2.41. The van der Waals surface area contributed by atoms with E-state index in [-0.39, 0.29) is 17.2 Å². The van der Waals surface area contributed by atoms with Gasteiger partial charge in [-0.05, 0) is 46.1 Å². The predicted molar refractivity (Wildman–Crippen MR) is 106 cm³/mol. The molecule has 0 aromatic carbocycles. The van der Waals surface area contributed by atoms with Gasteiger partial charge in [-0.3, -0.25) is 14.3 Å². The van der Waals surface area contributed by atoms with Gasteiger partial charge in [0.15, 0.2) is 5.69 Å². The molecule has 1 fully saturated rings. The van der Waals surface area contributed by atoms with Crippen molar-refractivity contribution >= 4 is 11.8 Å². The highest BCUT2D eigenvalue weighted by Crippen LogP contribution is 2.46. The summed E-state index contributed by atoms with van der Waals surface area (Å²) in [6, 6.07) is 2.00. The van der Waals surface area contributed by atoms with Crippen LogP contribution < -0.4 is 5.32 Å². The third kappa shape index (κ3) is 3.36. The Morgan fingerprint density at radius 2 is 2.10 bits per heavy atom. The van der Waals surface area contributed by atoms with E-state index in [4.69, 9.17) is 4.52 Å². The molecule has 0 radical (unpaired) electrons. The van der Waals surface area contributed by atoms with E-state index in [2.05, 4.69) is 21.6 Å². The summed E-state index contributed by atoms with van der Waals surface area (Å²) in [6.07, 6.45) is 5.26. The van der Waals surface area contributed by atoms with Gasteiger partial charge in [0.2, 0.25) is 5.91 Å². The van der Waals surface area contributed by atoms with Crippen LogP contribution in [0.1, 0.15) is 58.9 Å². The molecular formula is C21H27N5O3. The van der Waals surface area contributed by atoms with Gasteiger partial charge in [-0.25, -0.2) is 0 Å². The van der Waals surface area contributed by atoms with E-state index in [1.807, 2.05) is 38.6 Å². The molecule has 8 nitrogen and oxygen atoms in total. The first-order valence-corrected chi connectivity index (χ1v) is 10.0. The lowest BCUT2D eigenvalue weighted by atomic mass is 9.77. The monoisotopic (exact) mass is 397 g/mol. The number of aryl methyl sites for hydroxylation is 3. The molecule has 0 spiro atoms. The van der Waals surface area contributed by atoms with E-state index >= 15 is 0 Å². The number of hydrogen-bond acceptors (Lipinski definition) is 5. The molecule has 1 saturated heterocycles. The summed E-state index contributed by atoms with van der Waals surface area (Å²) >= 11 is 0. The Labute approximate surface area is 169 Å². The molecular weight excluding hydrogens is 370 g/mol. The molecule has 4 rings (SSSR count). The van der Waals surface area contributed by atoms with E-state index in [9.17, 15) is 9.59 Å². The van der Waals surface area contributed by atoms with Crippen molar-refractivity contribution in [2.75, 3.05) is 13.6 Å². The van der Waals surface area contributed by atoms with Gasteiger partial charge in [-0.1, -0.05) is 11.2 Å². The first kappa shape index (κ1) is 19.4. The molecule has 29 heavy (non-hydrogen) atoms. The molecule has 2 aromatic rings. The summed E-state index contributed by atoms with van der Waals surface area (Å²) in [4.78, 5) is 26.8. The lowest BCUT2D eigenvalue weighted by molar-refractivity contribution is -0.131. The minimum atomic E-state index is -0.251. The Morgan fingerprint density at radius 1 is 1.31 bits per heavy atom. The highest BCUT2D eigenvalue weighted by molar-refractivity contribution is 5.93. The van der Waals surface area contributed by atoms with E-state index < -0.39 is 0 Å². The number of carbonyl (C=O) groups excluding carboxylic acids is 2. The molecule has 2 aliphatic rings. The van der Waals surface area contributed by atoms with Gasteiger partial charge in [0.25, 0.3) is 5.91 Å². The fourth-order valence-corrected chi connectivity index (χ4v) is 4.56. The number of allylic oxidation sites excluding steroid dienone is 1. The van der Waals surface area contributed by atoms with Crippen LogP contribution in [-0.2, 0) is 11.3 Å². The van der Waals surface area contributed by atoms with Gasteiger partial charge in [-0.2, -0.15) is 5.10 Å². The van der Waals surface area contributed by atoms with Crippen LogP contribution in [0.4, 0.5) is 0 Å². The minimum absolute atomic E-state index is 0.138. The average molecular weight is 397 g/mol. The highest BCUT2D eigenvalue weighted by Gasteiger charge is 2.44. The van der Waals surface area contributed by atoms with Crippen molar-refractivity contribution in [1.29, 1.82) is 0 Å². The highest BCUT2D eigenvalue weighted by atomic mass is 16.5. The maximum absolute atomic E-state index is 13.0. The van der Waals surface area contributed by atoms with Gasteiger partial charge in [-0.15, -0.1) is 0 Å². The van der Waals surface area contributed by atoms with Gasteiger partial charge in [0, 0.05) is 42.4 Å². The second-order valence-corrected chi connectivity index (χ2v) is 8.19. The smallest absolute Gasteiger partial charge is 0.273 e. The van der Waals surface area contributed by atoms with Crippen LogP contribution in [0.3, 0.4) is 0 Å². The molecule has 0 saturated carbocycles. The molecule has 1 aliphatic heterocycles. The molecule has 3 heterocycles. The van der Waals surface area contributed by atoms with Crippen molar-refractivity contribution in [1.82, 2.24) is 25.2 Å². The number of aromatic nitrogens is 3. The number of fused-ring (bicyclic) bond motifs is 1. The van der Waals surface area contributed by atoms with Gasteiger partial charge >= 0.3 is 0 Å². The number of nitrogens with zero attached hydrogens (tertiary/aromatic N) is 4. The molecule has 1 N–H and O–H groups in total. The maximum Gasteiger partial charge on any atom is 0.273 e. The number of rotatable bonds is 5. The summed E-state index contributed by atoms with van der Waals surface area (Å²) in [5, 5.41) is 11.5. The third-order valence-corrected chi connectivity index (χ3v) is 6.26. The number of likely N-dealkylation sites (tertiary alicyclic amines) is 1. The Morgan fingerprint density at radius 3 is 2.83 bits per heavy atom. The zero-order valence-electron chi connectivity index (χ0n) is 17.4. The van der Waals surface area contributed by atoms with Crippen molar-refractivity contribution in [3.05, 3.63) is 46.2 Å². The largest absolute Gasteiger partial charge is 0.361 e. The summed E-state index contributed by atoms with van der Waals surface area (Å²) in [7, 11) is 1.82. The van der Waals surface area contributed by atoms with Crippen LogP contribution in [0.15, 0.2) is 22.4 Å². The number of amides is 2. The second kappa shape index (κ2) is 7.17. The lowest BCUT2D eigenvalue weighted by Crippen LogP contribution is -2.46. The summed E-state index contributed by atoms with van der Waals surface area (Å²) < 4.78 is 7.18. The average Bonchev–Trinajstić information content (AvgIpc) is 3.36. The summed E-state index contributed by atoms with van der Waals surface area (Å²) in [6.45, 7) is 6.65. The zero-order valence-corrected chi connectivity index (χ0v) is 17.4. The van der Waals surface area contributed by atoms with Gasteiger partial charge in [0.1, 0.15) is 5.76 Å². The first-order chi connectivity index (χ1) is 13.8. The van der Waals surface area contributed by atoms with Crippen LogP contribution in [0.5, 0.6) is 0 Å². The van der Waals surface area contributed by atoms with Crippen LogP contribution in [0.2, 0.25) is 0 Å². The molecule has 2 aromatic heterocycles. The minimum Gasteiger partial charge on any atom is -0.361 e. The molecule has 154 valence electrons. The van der Waals surface area contributed by atoms with Crippen molar-refractivity contribution < 1.29 is 14.1 Å². The molecule has 0 bridgehead atoms. The van der Waals surface area contributed by atoms with Crippen LogP contribution in [0, 0.1) is 26.2 Å². The molecule has 1 aliphatic carbocycles. The molecule has 1 atom stereocenters. The number of piperidine rings is 1. The number of hydrogen-bond donors (Lipinski definition) is 1. The van der Waals surface area contributed by atoms with E-state index in [0.29, 0.717) is 31.0 Å². The van der Waals surface area contributed by atoms with Crippen LogP contribution >= 0.6 is 0 Å². The maximum atomic E-state index is 13.0. The standard InChI is InChI=1S/C21H27N5O3/c1-13-10-14(2)26(23-13)11-16-15(3)29-24-19(16)20(28)22-12-21-8-5-6-17(21)25(4)18(27)7-9-21/h6,10H,5,7-9,11-12H2,1-4H3,(H,22,28). The quantitative estimate of drug-likeness (QED) is 0.837. The Balaban J connectivity index is 1.51. The topological polar surface area (TPSA) is 93.3 Å². The molecule has 8 heteroatoms. The van der Waals surface area contributed by atoms with Crippen LogP contribution in [0.25, 0.3) is 0 Å². The fourth-order valence-electron chi connectivity index (χ4n) is 4.56. The SMILES string of the molecule is Cc1cc(C)n(Cc2c(C(=O)NCC34CCC=C3N(C)C(=O)CC4)noc2C)n1. The van der Waals surface area contributed by atoms with Crippen molar-refractivity contribution in [3.63, 3.8) is 0 Å². The molecule has 1 unspecified atom stereocenters.